The van der Waals surface area contributed by atoms with Gasteiger partial charge in [0.05, 0.1) is 5.60 Å². The monoisotopic (exact) mass is 154 g/mol. The van der Waals surface area contributed by atoms with Gasteiger partial charge in [0.2, 0.25) is 0 Å². The smallest absolute Gasteiger partial charge is 0.0856 e. The summed E-state index contributed by atoms with van der Waals surface area (Å²) in [5.74, 6) is 0. The van der Waals surface area contributed by atoms with E-state index in [1.165, 1.54) is 25.7 Å². The summed E-state index contributed by atoms with van der Waals surface area (Å²) in [6, 6.07) is 0. The van der Waals surface area contributed by atoms with Crippen molar-refractivity contribution in [2.45, 2.75) is 44.1 Å². The summed E-state index contributed by atoms with van der Waals surface area (Å²) in [6.45, 7) is 3.84. The zero-order valence-corrected chi connectivity index (χ0v) is 7.44. The molecule has 0 aliphatic heterocycles. The normalized spacial score (nSPS) is 24.1. The molecule has 1 fully saturated rings. The second-order valence-electron chi connectivity index (χ2n) is 3.39. The highest BCUT2D eigenvalue weighted by molar-refractivity contribution is 4.97. The van der Waals surface area contributed by atoms with E-state index in [9.17, 15) is 0 Å². The molecule has 0 N–H and O–H groups in total. The molecule has 0 spiro atoms. The average molecular weight is 154 g/mol. The van der Waals surface area contributed by atoms with Crippen molar-refractivity contribution in [3.63, 3.8) is 0 Å². The average Bonchev–Trinajstić information content (AvgIpc) is 2.30. The number of ether oxygens (including phenoxy) is 1. The van der Waals surface area contributed by atoms with Gasteiger partial charge in [0.1, 0.15) is 0 Å². The van der Waals surface area contributed by atoms with Gasteiger partial charge in [0.15, 0.2) is 0 Å². The van der Waals surface area contributed by atoms with Crippen molar-refractivity contribution in [1.82, 2.24) is 0 Å². The summed E-state index contributed by atoms with van der Waals surface area (Å²) in [7, 11) is 1.80. The SMILES string of the molecule is C=CC1(OC)CCCCCC1. The van der Waals surface area contributed by atoms with E-state index in [2.05, 4.69) is 6.58 Å². The van der Waals surface area contributed by atoms with Gasteiger partial charge in [0.25, 0.3) is 0 Å². The van der Waals surface area contributed by atoms with E-state index >= 15 is 0 Å². The van der Waals surface area contributed by atoms with Gasteiger partial charge in [0, 0.05) is 7.11 Å². The largest absolute Gasteiger partial charge is 0.374 e. The Labute approximate surface area is 69.4 Å². The predicted octanol–water partition coefficient (Wildman–Crippen LogP) is 2.91. The maximum Gasteiger partial charge on any atom is 0.0856 e. The Balaban J connectivity index is 2.55. The molecule has 0 aromatic carbocycles. The third-order valence-electron chi connectivity index (χ3n) is 2.73. The molecule has 1 nitrogen and oxygen atoms in total. The highest BCUT2D eigenvalue weighted by Gasteiger charge is 2.26. The van der Waals surface area contributed by atoms with Gasteiger partial charge in [-0.2, -0.15) is 0 Å². The van der Waals surface area contributed by atoms with Crippen LogP contribution in [0, 0.1) is 0 Å². The number of rotatable bonds is 2. The summed E-state index contributed by atoms with van der Waals surface area (Å²) in [5.41, 5.74) is 0.0104. The third-order valence-corrected chi connectivity index (χ3v) is 2.73. The van der Waals surface area contributed by atoms with Crippen molar-refractivity contribution in [1.29, 1.82) is 0 Å². The Hall–Kier alpha value is -0.300. The second-order valence-corrected chi connectivity index (χ2v) is 3.39. The van der Waals surface area contributed by atoms with Crippen LogP contribution >= 0.6 is 0 Å². The first-order chi connectivity index (χ1) is 5.33. The van der Waals surface area contributed by atoms with Crippen molar-refractivity contribution in [3.8, 4) is 0 Å². The molecule has 1 saturated carbocycles. The summed E-state index contributed by atoms with van der Waals surface area (Å²) in [5, 5.41) is 0. The topological polar surface area (TPSA) is 9.23 Å². The molecule has 1 rings (SSSR count). The molecular weight excluding hydrogens is 136 g/mol. The molecule has 1 aliphatic rings. The lowest BCUT2D eigenvalue weighted by Gasteiger charge is -2.27. The minimum Gasteiger partial charge on any atom is -0.374 e. The van der Waals surface area contributed by atoms with E-state index < -0.39 is 0 Å². The molecule has 0 heterocycles. The van der Waals surface area contributed by atoms with Crippen molar-refractivity contribution in [3.05, 3.63) is 12.7 Å². The van der Waals surface area contributed by atoms with Crippen LogP contribution in [0.25, 0.3) is 0 Å². The van der Waals surface area contributed by atoms with Gasteiger partial charge in [-0.3, -0.25) is 0 Å². The first kappa shape index (κ1) is 8.79. The Kier molecular flexibility index (Phi) is 3.13. The molecule has 0 unspecified atom stereocenters. The highest BCUT2D eigenvalue weighted by atomic mass is 16.5. The van der Waals surface area contributed by atoms with Gasteiger partial charge in [-0.1, -0.05) is 31.8 Å². The summed E-state index contributed by atoms with van der Waals surface area (Å²) in [6.07, 6.45) is 9.61. The van der Waals surface area contributed by atoms with Crippen LogP contribution in [0.2, 0.25) is 0 Å². The van der Waals surface area contributed by atoms with Crippen LogP contribution in [0.1, 0.15) is 38.5 Å². The lowest BCUT2D eigenvalue weighted by molar-refractivity contribution is 0.0199. The molecule has 0 aromatic heterocycles. The molecule has 0 atom stereocenters. The van der Waals surface area contributed by atoms with Crippen LogP contribution in [0.5, 0.6) is 0 Å². The van der Waals surface area contributed by atoms with Crippen LogP contribution in [0.3, 0.4) is 0 Å². The molecule has 0 saturated heterocycles. The molecular formula is C10H18O. The van der Waals surface area contributed by atoms with Gasteiger partial charge >= 0.3 is 0 Å². The van der Waals surface area contributed by atoms with Crippen molar-refractivity contribution >= 4 is 0 Å². The maximum absolute atomic E-state index is 5.49. The van der Waals surface area contributed by atoms with Crippen molar-refractivity contribution in [2.24, 2.45) is 0 Å². The summed E-state index contributed by atoms with van der Waals surface area (Å²) in [4.78, 5) is 0. The van der Waals surface area contributed by atoms with E-state index in [4.69, 9.17) is 4.74 Å². The Morgan fingerprint density at radius 3 is 2.09 bits per heavy atom. The minimum atomic E-state index is 0.0104. The Bertz CT molecular complexity index is 121. The van der Waals surface area contributed by atoms with Gasteiger partial charge < -0.3 is 4.74 Å². The number of hydrogen-bond donors (Lipinski definition) is 0. The fraction of sp³-hybridized carbons (Fsp3) is 0.800. The standard InChI is InChI=1S/C10H18O/c1-3-10(11-2)8-6-4-5-7-9-10/h3H,1,4-9H2,2H3. The van der Waals surface area contributed by atoms with Crippen LogP contribution in [-0.4, -0.2) is 12.7 Å². The molecule has 0 bridgehead atoms. The van der Waals surface area contributed by atoms with E-state index in [0.717, 1.165) is 12.8 Å². The lowest BCUT2D eigenvalue weighted by atomic mass is 9.95. The van der Waals surface area contributed by atoms with Crippen LogP contribution < -0.4 is 0 Å². The quantitative estimate of drug-likeness (QED) is 0.439. The van der Waals surface area contributed by atoms with E-state index in [1.54, 1.807) is 7.11 Å². The van der Waals surface area contributed by atoms with E-state index in [1.807, 2.05) is 6.08 Å². The molecule has 11 heavy (non-hydrogen) atoms. The van der Waals surface area contributed by atoms with E-state index in [0.29, 0.717) is 0 Å². The van der Waals surface area contributed by atoms with Gasteiger partial charge in [-0.05, 0) is 12.8 Å². The fourth-order valence-corrected chi connectivity index (χ4v) is 1.82. The Morgan fingerprint density at radius 1 is 1.18 bits per heavy atom. The second kappa shape index (κ2) is 3.91. The van der Waals surface area contributed by atoms with Crippen molar-refractivity contribution < 1.29 is 4.74 Å². The molecule has 1 aliphatic carbocycles. The zero-order valence-electron chi connectivity index (χ0n) is 7.44. The maximum atomic E-state index is 5.49. The summed E-state index contributed by atoms with van der Waals surface area (Å²) < 4.78 is 5.49. The number of hydrogen-bond acceptors (Lipinski definition) is 1. The molecule has 1 heteroatoms. The first-order valence-electron chi connectivity index (χ1n) is 4.52. The zero-order chi connectivity index (χ0) is 8.16. The molecule has 0 amide bonds. The Morgan fingerprint density at radius 2 is 1.73 bits per heavy atom. The third kappa shape index (κ3) is 2.06. The molecule has 0 radical (unpaired) electrons. The number of methoxy groups -OCH3 is 1. The summed E-state index contributed by atoms with van der Waals surface area (Å²) >= 11 is 0. The fourth-order valence-electron chi connectivity index (χ4n) is 1.82. The highest BCUT2D eigenvalue weighted by Crippen LogP contribution is 2.30. The lowest BCUT2D eigenvalue weighted by Crippen LogP contribution is -2.27. The van der Waals surface area contributed by atoms with Gasteiger partial charge in [-0.15, -0.1) is 6.58 Å². The first-order valence-corrected chi connectivity index (χ1v) is 4.52. The van der Waals surface area contributed by atoms with Crippen LogP contribution in [0.4, 0.5) is 0 Å². The van der Waals surface area contributed by atoms with Crippen LogP contribution in [-0.2, 0) is 4.74 Å². The van der Waals surface area contributed by atoms with Crippen LogP contribution in [0.15, 0.2) is 12.7 Å². The molecule has 64 valence electrons. The van der Waals surface area contributed by atoms with Gasteiger partial charge in [-0.25, -0.2) is 0 Å². The van der Waals surface area contributed by atoms with E-state index in [-0.39, 0.29) is 5.60 Å². The minimum absolute atomic E-state index is 0.0104. The predicted molar refractivity (Wildman–Crippen MR) is 47.6 cm³/mol. The molecule has 0 aromatic rings. The van der Waals surface area contributed by atoms with Crippen molar-refractivity contribution in [2.75, 3.05) is 7.11 Å².